The minimum atomic E-state index is -4.51. The summed E-state index contributed by atoms with van der Waals surface area (Å²) in [6.07, 6.45) is -1.25. The van der Waals surface area contributed by atoms with Crippen molar-refractivity contribution in [2.75, 3.05) is 31.1 Å². The van der Waals surface area contributed by atoms with Gasteiger partial charge in [-0.3, -0.25) is 4.79 Å². The fourth-order valence-corrected chi connectivity index (χ4v) is 4.10. The smallest absolute Gasteiger partial charge is 0.342 e. The molecule has 1 atom stereocenters. The van der Waals surface area contributed by atoms with Crippen LogP contribution in [-0.2, 0) is 17.4 Å². The van der Waals surface area contributed by atoms with E-state index in [0.717, 1.165) is 25.1 Å². The average molecular weight is 390 g/mol. The number of halogens is 3. The van der Waals surface area contributed by atoms with Crippen LogP contribution in [0.15, 0.2) is 42.6 Å². The van der Waals surface area contributed by atoms with Crippen molar-refractivity contribution in [1.82, 2.24) is 14.9 Å². The Balaban J connectivity index is 1.42. The molecule has 1 spiro atoms. The molecule has 0 aliphatic carbocycles. The third kappa shape index (κ3) is 3.55. The van der Waals surface area contributed by atoms with Gasteiger partial charge in [0.15, 0.2) is 0 Å². The first-order valence-electron chi connectivity index (χ1n) is 9.36. The molecule has 1 amide bonds. The molecule has 2 aromatic rings. The van der Waals surface area contributed by atoms with Gasteiger partial charge in [-0.15, -0.1) is 0 Å². The number of benzene rings is 1. The number of amides is 1. The number of carbonyl (C=O) groups excluding carboxylic acids is 1. The summed E-state index contributed by atoms with van der Waals surface area (Å²) in [5.74, 6) is 0.139. The van der Waals surface area contributed by atoms with Crippen molar-refractivity contribution in [3.05, 3.63) is 53.9 Å². The highest BCUT2D eigenvalue weighted by atomic mass is 19.4. The summed E-state index contributed by atoms with van der Waals surface area (Å²) in [5, 5.41) is 0. The van der Waals surface area contributed by atoms with Gasteiger partial charge in [0.25, 0.3) is 0 Å². The van der Waals surface area contributed by atoms with Crippen LogP contribution in [0.2, 0.25) is 0 Å². The molecule has 1 unspecified atom stereocenters. The van der Waals surface area contributed by atoms with Gasteiger partial charge in [0.1, 0.15) is 5.69 Å². The zero-order chi connectivity index (χ0) is 19.8. The Bertz CT molecular complexity index is 858. The maximum atomic E-state index is 13.0. The second kappa shape index (κ2) is 7.07. The SMILES string of the molecule is O=C1N(CCc2ccccc2)CCC12CCN(c1nccc(C(F)(F)F)n1)C2. The molecule has 0 bridgehead atoms. The van der Waals surface area contributed by atoms with Gasteiger partial charge < -0.3 is 9.80 Å². The van der Waals surface area contributed by atoms with E-state index in [1.54, 1.807) is 4.90 Å². The molecule has 0 N–H and O–H groups in total. The van der Waals surface area contributed by atoms with Crippen LogP contribution in [0.4, 0.5) is 19.1 Å². The second-order valence-corrected chi connectivity index (χ2v) is 7.47. The molecular formula is C20H21F3N4O. The molecule has 5 nitrogen and oxygen atoms in total. The van der Waals surface area contributed by atoms with E-state index in [1.807, 2.05) is 35.2 Å². The Kier molecular flexibility index (Phi) is 4.72. The lowest BCUT2D eigenvalue weighted by Crippen LogP contribution is -2.38. The minimum Gasteiger partial charge on any atom is -0.342 e. The predicted molar refractivity (Wildman–Crippen MR) is 97.6 cm³/mol. The van der Waals surface area contributed by atoms with E-state index in [2.05, 4.69) is 9.97 Å². The third-order valence-corrected chi connectivity index (χ3v) is 5.68. The highest BCUT2D eigenvalue weighted by molar-refractivity contribution is 5.86. The van der Waals surface area contributed by atoms with Crippen molar-refractivity contribution in [1.29, 1.82) is 0 Å². The quantitative estimate of drug-likeness (QED) is 0.805. The summed E-state index contributed by atoms with van der Waals surface area (Å²) < 4.78 is 38.8. The van der Waals surface area contributed by atoms with Gasteiger partial charge in [0.2, 0.25) is 11.9 Å². The molecule has 4 rings (SSSR count). The molecule has 1 aromatic heterocycles. The van der Waals surface area contributed by atoms with E-state index in [0.29, 0.717) is 32.6 Å². The van der Waals surface area contributed by atoms with E-state index in [4.69, 9.17) is 0 Å². The molecule has 28 heavy (non-hydrogen) atoms. The van der Waals surface area contributed by atoms with E-state index in [9.17, 15) is 18.0 Å². The molecule has 2 saturated heterocycles. The standard InChI is InChI=1S/C20H21F3N4O/c21-20(22,23)16-6-10-24-18(25-16)27-13-9-19(14-27)8-12-26(17(19)28)11-7-15-4-2-1-3-5-15/h1-6,10H,7-9,11-14H2. The van der Waals surface area contributed by atoms with Crippen molar-refractivity contribution < 1.29 is 18.0 Å². The van der Waals surface area contributed by atoms with Gasteiger partial charge in [0, 0.05) is 32.4 Å². The van der Waals surface area contributed by atoms with Crippen LogP contribution in [0, 0.1) is 5.41 Å². The zero-order valence-corrected chi connectivity index (χ0v) is 15.3. The summed E-state index contributed by atoms with van der Waals surface area (Å²) in [6, 6.07) is 10.9. The number of hydrogen-bond acceptors (Lipinski definition) is 4. The Morgan fingerprint density at radius 2 is 1.82 bits per heavy atom. The normalized spacial score (nSPS) is 22.5. The lowest BCUT2D eigenvalue weighted by atomic mass is 9.85. The molecule has 8 heteroatoms. The highest BCUT2D eigenvalue weighted by Gasteiger charge is 2.51. The predicted octanol–water partition coefficient (Wildman–Crippen LogP) is 3.17. The highest BCUT2D eigenvalue weighted by Crippen LogP contribution is 2.41. The second-order valence-electron chi connectivity index (χ2n) is 7.47. The number of nitrogens with zero attached hydrogens (tertiary/aromatic N) is 4. The Hall–Kier alpha value is -2.64. The maximum absolute atomic E-state index is 13.0. The number of alkyl halides is 3. The first kappa shape index (κ1) is 18.7. The van der Waals surface area contributed by atoms with E-state index < -0.39 is 17.3 Å². The third-order valence-electron chi connectivity index (χ3n) is 5.68. The largest absolute Gasteiger partial charge is 0.433 e. The van der Waals surface area contributed by atoms with Gasteiger partial charge in [-0.05, 0) is 30.9 Å². The van der Waals surface area contributed by atoms with Crippen molar-refractivity contribution in [3.8, 4) is 0 Å². The number of anilines is 1. The van der Waals surface area contributed by atoms with Gasteiger partial charge in [-0.25, -0.2) is 9.97 Å². The van der Waals surface area contributed by atoms with Crippen molar-refractivity contribution in [2.45, 2.75) is 25.4 Å². The monoisotopic (exact) mass is 390 g/mol. The fourth-order valence-electron chi connectivity index (χ4n) is 4.10. The van der Waals surface area contributed by atoms with E-state index in [1.165, 1.54) is 5.56 Å². The molecule has 0 saturated carbocycles. The number of rotatable bonds is 4. The Labute approximate surface area is 161 Å². The Morgan fingerprint density at radius 1 is 1.07 bits per heavy atom. The number of hydrogen-bond donors (Lipinski definition) is 0. The van der Waals surface area contributed by atoms with E-state index >= 15 is 0 Å². The number of likely N-dealkylation sites (tertiary alicyclic amines) is 1. The van der Waals surface area contributed by atoms with Crippen molar-refractivity contribution in [2.24, 2.45) is 5.41 Å². The van der Waals surface area contributed by atoms with Crippen LogP contribution in [0.3, 0.4) is 0 Å². The van der Waals surface area contributed by atoms with Gasteiger partial charge in [-0.1, -0.05) is 30.3 Å². The lowest BCUT2D eigenvalue weighted by Gasteiger charge is -2.24. The molecule has 2 aliphatic heterocycles. The van der Waals surface area contributed by atoms with Crippen molar-refractivity contribution in [3.63, 3.8) is 0 Å². The van der Waals surface area contributed by atoms with Crippen LogP contribution < -0.4 is 4.90 Å². The van der Waals surface area contributed by atoms with Crippen LogP contribution in [0.1, 0.15) is 24.1 Å². The summed E-state index contributed by atoms with van der Waals surface area (Å²) in [7, 11) is 0. The summed E-state index contributed by atoms with van der Waals surface area (Å²) in [4.78, 5) is 24.3. The van der Waals surface area contributed by atoms with Crippen molar-refractivity contribution >= 4 is 11.9 Å². The maximum Gasteiger partial charge on any atom is 0.433 e. The molecular weight excluding hydrogens is 369 g/mol. The van der Waals surface area contributed by atoms with Crippen LogP contribution in [-0.4, -0.2) is 47.0 Å². The minimum absolute atomic E-state index is 0.0437. The first-order chi connectivity index (χ1) is 13.4. The molecule has 0 radical (unpaired) electrons. The molecule has 3 heterocycles. The zero-order valence-electron chi connectivity index (χ0n) is 15.3. The lowest BCUT2D eigenvalue weighted by molar-refractivity contribution is -0.141. The molecule has 2 fully saturated rings. The number of aromatic nitrogens is 2. The van der Waals surface area contributed by atoms with Gasteiger partial charge >= 0.3 is 6.18 Å². The summed E-state index contributed by atoms with van der Waals surface area (Å²) >= 11 is 0. The first-order valence-corrected chi connectivity index (χ1v) is 9.36. The Morgan fingerprint density at radius 3 is 2.57 bits per heavy atom. The summed E-state index contributed by atoms with van der Waals surface area (Å²) in [6.45, 7) is 2.20. The molecule has 2 aliphatic rings. The average Bonchev–Trinajstić information content (AvgIpc) is 3.26. The van der Waals surface area contributed by atoms with Gasteiger partial charge in [-0.2, -0.15) is 13.2 Å². The molecule has 1 aromatic carbocycles. The van der Waals surface area contributed by atoms with E-state index in [-0.39, 0.29) is 11.9 Å². The van der Waals surface area contributed by atoms with Crippen LogP contribution in [0.25, 0.3) is 0 Å². The summed E-state index contributed by atoms with van der Waals surface area (Å²) in [5.41, 5.74) is -0.309. The molecule has 148 valence electrons. The topological polar surface area (TPSA) is 49.3 Å². The fraction of sp³-hybridized carbons (Fsp3) is 0.450. The van der Waals surface area contributed by atoms with Crippen LogP contribution >= 0.6 is 0 Å². The number of carbonyl (C=O) groups is 1. The van der Waals surface area contributed by atoms with Gasteiger partial charge in [0.05, 0.1) is 5.41 Å². The van der Waals surface area contributed by atoms with Crippen LogP contribution in [0.5, 0.6) is 0 Å².